The molecule has 1 aliphatic rings. The average molecular weight is 542 g/mol. The lowest BCUT2D eigenvalue weighted by molar-refractivity contribution is -0.921. The van der Waals surface area contributed by atoms with Gasteiger partial charge < -0.3 is 15.0 Å². The Morgan fingerprint density at radius 1 is 1.24 bits per heavy atom. The molecule has 1 aliphatic carbocycles. The van der Waals surface area contributed by atoms with E-state index in [2.05, 4.69) is 24.0 Å². The number of aromatic nitrogens is 2. The van der Waals surface area contributed by atoms with Gasteiger partial charge in [0, 0.05) is 23.7 Å². The Kier molecular flexibility index (Phi) is 8.89. The number of alkyl halides is 1. The van der Waals surface area contributed by atoms with Gasteiger partial charge in [-0.15, -0.1) is 0 Å². The van der Waals surface area contributed by atoms with E-state index in [1.165, 1.54) is 0 Å². The molecular weight excluding hydrogens is 503 g/mol. The van der Waals surface area contributed by atoms with Gasteiger partial charge in [0.25, 0.3) is 5.91 Å². The van der Waals surface area contributed by atoms with Crippen LogP contribution in [-0.4, -0.2) is 59.3 Å². The van der Waals surface area contributed by atoms with Crippen molar-refractivity contribution in [3.05, 3.63) is 65.1 Å². The van der Waals surface area contributed by atoms with Crippen LogP contribution in [0.1, 0.15) is 50.3 Å². The van der Waals surface area contributed by atoms with Crippen molar-refractivity contribution < 1.29 is 18.4 Å². The normalized spacial score (nSPS) is 21.9. The Morgan fingerprint density at radius 3 is 2.74 bits per heavy atom. The minimum Gasteiger partial charge on any atom is -0.471 e. The maximum atomic E-state index is 16.4. The van der Waals surface area contributed by atoms with Crippen molar-refractivity contribution in [3.8, 4) is 5.88 Å². The number of amides is 1. The van der Waals surface area contributed by atoms with Crippen molar-refractivity contribution in [2.75, 3.05) is 27.2 Å². The number of fused-ring (bicyclic) bond motifs is 1. The van der Waals surface area contributed by atoms with Crippen molar-refractivity contribution in [2.45, 2.75) is 63.6 Å². The molecule has 6 nitrogen and oxygen atoms in total. The topological polar surface area (TPSA) is 78.1 Å². The number of primary amides is 1. The smallest absolute Gasteiger partial charge is 0.261 e. The van der Waals surface area contributed by atoms with Crippen LogP contribution in [0.25, 0.3) is 10.8 Å². The van der Waals surface area contributed by atoms with Crippen LogP contribution in [0.4, 0.5) is 4.39 Å². The number of benzene rings is 1. The third-order valence-corrected chi connectivity index (χ3v) is 8.20. The van der Waals surface area contributed by atoms with E-state index in [1.54, 1.807) is 12.3 Å². The number of carbonyl (C=O) groups is 1. The van der Waals surface area contributed by atoms with Crippen LogP contribution in [-0.2, 0) is 17.6 Å². The highest BCUT2D eigenvalue weighted by atomic mass is 35.5. The number of halogens is 2. The van der Waals surface area contributed by atoms with E-state index in [1.807, 2.05) is 38.4 Å². The third-order valence-electron chi connectivity index (χ3n) is 7.98. The van der Waals surface area contributed by atoms with Crippen LogP contribution in [0.3, 0.4) is 0 Å². The monoisotopic (exact) mass is 541 g/mol. The molecule has 38 heavy (non-hydrogen) atoms. The summed E-state index contributed by atoms with van der Waals surface area (Å²) in [7, 11) is 3.91. The molecule has 2 aromatic heterocycles. The van der Waals surface area contributed by atoms with Crippen molar-refractivity contribution in [3.63, 3.8) is 0 Å². The number of ether oxygens (including phenoxy) is 1. The van der Waals surface area contributed by atoms with Gasteiger partial charge in [-0.25, -0.2) is 14.4 Å². The zero-order valence-electron chi connectivity index (χ0n) is 22.6. The second kappa shape index (κ2) is 12.0. The summed E-state index contributed by atoms with van der Waals surface area (Å²) in [6.45, 7) is 3.04. The van der Waals surface area contributed by atoms with Gasteiger partial charge in [-0.1, -0.05) is 49.2 Å². The zero-order chi connectivity index (χ0) is 27.3. The Balaban J connectivity index is 1.45. The highest BCUT2D eigenvalue weighted by molar-refractivity contribution is 6.29. The van der Waals surface area contributed by atoms with Crippen LogP contribution in [0.2, 0.25) is 5.15 Å². The van der Waals surface area contributed by atoms with Gasteiger partial charge in [0.1, 0.15) is 24.3 Å². The van der Waals surface area contributed by atoms with Gasteiger partial charge in [-0.05, 0) is 67.2 Å². The van der Waals surface area contributed by atoms with E-state index in [4.69, 9.17) is 27.1 Å². The van der Waals surface area contributed by atoms with Crippen LogP contribution >= 0.6 is 11.6 Å². The van der Waals surface area contributed by atoms with Crippen molar-refractivity contribution >= 4 is 28.3 Å². The molecule has 0 radical (unpaired) electrons. The molecule has 1 fully saturated rings. The minimum absolute atomic E-state index is 0.00407. The first-order valence-corrected chi connectivity index (χ1v) is 13.9. The number of nitrogens with zero attached hydrogens (tertiary/aromatic N) is 3. The molecule has 0 spiro atoms. The highest BCUT2D eigenvalue weighted by Crippen LogP contribution is 2.41. The van der Waals surface area contributed by atoms with Gasteiger partial charge in [-0.2, -0.15) is 0 Å². The summed E-state index contributed by atoms with van der Waals surface area (Å²) in [5, 5.41) is 2.49. The van der Waals surface area contributed by atoms with Gasteiger partial charge in [-0.3, -0.25) is 4.79 Å². The first-order valence-electron chi connectivity index (χ1n) is 13.6. The van der Waals surface area contributed by atoms with Gasteiger partial charge in [0.2, 0.25) is 11.5 Å². The summed E-state index contributed by atoms with van der Waals surface area (Å²) >= 11 is 5.90. The van der Waals surface area contributed by atoms with E-state index in [0.717, 1.165) is 47.7 Å². The molecule has 204 valence electrons. The summed E-state index contributed by atoms with van der Waals surface area (Å²) in [6, 6.07) is 13.3. The van der Waals surface area contributed by atoms with Crippen LogP contribution in [0.15, 0.2) is 48.7 Å². The number of carbonyl (C=O) groups excluding carboxylic acids is 1. The Morgan fingerprint density at radius 2 is 2.03 bits per heavy atom. The van der Waals surface area contributed by atoms with Gasteiger partial charge in [0.05, 0.1) is 14.1 Å². The summed E-state index contributed by atoms with van der Waals surface area (Å²) in [5.74, 6) is -0.273. The number of aryl methyl sites for hydroxylation is 1. The van der Waals surface area contributed by atoms with Crippen LogP contribution < -0.4 is 10.5 Å². The summed E-state index contributed by atoms with van der Waals surface area (Å²) < 4.78 is 22.9. The number of rotatable bonds is 11. The molecule has 1 saturated carbocycles. The Hall–Kier alpha value is -2.77. The second-order valence-electron chi connectivity index (χ2n) is 11.2. The minimum atomic E-state index is -2.10. The van der Waals surface area contributed by atoms with Crippen molar-refractivity contribution in [1.29, 1.82) is 0 Å². The molecule has 0 bridgehead atoms. The Labute approximate surface area is 229 Å². The van der Waals surface area contributed by atoms with E-state index < -0.39 is 17.6 Å². The molecule has 2 N–H and O–H groups in total. The lowest BCUT2D eigenvalue weighted by Crippen LogP contribution is -2.66. The largest absolute Gasteiger partial charge is 0.471 e. The summed E-state index contributed by atoms with van der Waals surface area (Å²) in [6.07, 6.45) is 6.88. The van der Waals surface area contributed by atoms with Crippen LogP contribution in [0.5, 0.6) is 5.88 Å². The summed E-state index contributed by atoms with van der Waals surface area (Å²) in [4.78, 5) is 21.4. The molecule has 3 aromatic rings. The third kappa shape index (κ3) is 6.44. The van der Waals surface area contributed by atoms with Crippen LogP contribution in [0, 0.1) is 5.92 Å². The van der Waals surface area contributed by atoms with Gasteiger partial charge >= 0.3 is 0 Å². The van der Waals surface area contributed by atoms with E-state index in [-0.39, 0.29) is 12.3 Å². The lowest BCUT2D eigenvalue weighted by Gasteiger charge is -2.47. The van der Waals surface area contributed by atoms with E-state index >= 15 is 4.39 Å². The SMILES string of the molecule is CCCCc1cc2ccccc2c(OCC[N+](C)(C)[C@H]2CCC(Cc3ccc(Cl)nc3)C[C@@]2(F)C(N)=O)n1. The first kappa shape index (κ1) is 28.2. The van der Waals surface area contributed by atoms with E-state index in [0.29, 0.717) is 41.5 Å². The fourth-order valence-corrected chi connectivity index (χ4v) is 5.94. The first-order chi connectivity index (χ1) is 18.1. The molecule has 8 heteroatoms. The number of hydrogen-bond donors (Lipinski definition) is 1. The number of unbranched alkanes of at least 4 members (excludes halogenated alkanes) is 1. The quantitative estimate of drug-likeness (QED) is 0.250. The molecule has 1 aromatic carbocycles. The molecule has 0 saturated heterocycles. The molecular formula is C30H39ClFN4O2+. The number of quaternary nitrogens is 1. The number of nitrogens with two attached hydrogens (primary N) is 1. The predicted molar refractivity (Wildman–Crippen MR) is 150 cm³/mol. The lowest BCUT2D eigenvalue weighted by atomic mass is 9.72. The Bertz CT molecular complexity index is 1250. The van der Waals surface area contributed by atoms with Gasteiger partial charge in [0.15, 0.2) is 0 Å². The number of pyridine rings is 2. The number of likely N-dealkylation sites (N-methyl/N-ethyl adjacent to an activating group) is 1. The molecule has 1 unspecified atom stereocenters. The molecule has 3 atom stereocenters. The zero-order valence-corrected chi connectivity index (χ0v) is 23.4. The molecule has 4 rings (SSSR count). The predicted octanol–water partition coefficient (Wildman–Crippen LogP) is 5.69. The fourth-order valence-electron chi connectivity index (χ4n) is 5.83. The standard InChI is InChI=1S/C30H38ClFN4O2/c1-4-5-9-24-18-23-8-6-7-10-25(23)28(35-24)38-16-15-36(2,3)26-13-11-21(19-30(26,32)29(33)37)17-22-12-14-27(31)34-20-22/h6-8,10,12,14,18,20-21,26H,4-5,9,11,13,15-17,19H2,1-3H3,(H-,33,37)/p+1/t21?,26-,30-/m0/s1. The molecule has 1 amide bonds. The maximum Gasteiger partial charge on any atom is 0.261 e. The van der Waals surface area contributed by atoms with E-state index in [9.17, 15) is 4.79 Å². The molecule has 0 aliphatic heterocycles. The second-order valence-corrected chi connectivity index (χ2v) is 11.6. The number of hydrogen-bond acceptors (Lipinski definition) is 4. The van der Waals surface area contributed by atoms with Crippen molar-refractivity contribution in [1.82, 2.24) is 9.97 Å². The maximum absolute atomic E-state index is 16.4. The van der Waals surface area contributed by atoms with Crippen molar-refractivity contribution in [2.24, 2.45) is 11.7 Å². The average Bonchev–Trinajstić information content (AvgIpc) is 2.88. The molecule has 2 heterocycles. The highest BCUT2D eigenvalue weighted by Gasteiger charge is 2.56. The summed E-state index contributed by atoms with van der Waals surface area (Å²) in [5.41, 5.74) is 5.60. The fraction of sp³-hybridized carbons (Fsp3) is 0.500.